The van der Waals surface area contributed by atoms with Crippen molar-refractivity contribution in [3.63, 3.8) is 0 Å². The summed E-state index contributed by atoms with van der Waals surface area (Å²) in [6.07, 6.45) is 0.00113. The number of carbonyl (C=O) groups excluding carboxylic acids is 1. The maximum absolute atomic E-state index is 11.5. The molecule has 6 heteroatoms. The second-order valence-electron chi connectivity index (χ2n) is 2.96. The van der Waals surface area contributed by atoms with Crippen LogP contribution >= 0.6 is 11.8 Å². The molecule has 0 bridgehead atoms. The fraction of sp³-hybridized carbons (Fsp3) is 0.778. The van der Waals surface area contributed by atoms with Crippen molar-refractivity contribution in [2.45, 2.75) is 13.3 Å². The van der Waals surface area contributed by atoms with Crippen LogP contribution in [0.2, 0.25) is 0 Å². The lowest BCUT2D eigenvalue weighted by Gasteiger charge is -2.19. The first kappa shape index (κ1) is 14.2. The number of hydrogen-bond acceptors (Lipinski definition) is 4. The van der Waals surface area contributed by atoms with Gasteiger partial charge in [0.05, 0.1) is 12.2 Å². The van der Waals surface area contributed by atoms with Crippen molar-refractivity contribution in [2.24, 2.45) is 5.73 Å². The van der Waals surface area contributed by atoms with Crippen molar-refractivity contribution in [1.82, 2.24) is 4.90 Å². The van der Waals surface area contributed by atoms with E-state index in [1.165, 1.54) is 11.8 Å². The Labute approximate surface area is 94.0 Å². The molecule has 0 aliphatic rings. The van der Waals surface area contributed by atoms with Crippen LogP contribution in [0.15, 0.2) is 0 Å². The van der Waals surface area contributed by atoms with Gasteiger partial charge in [0.25, 0.3) is 0 Å². The van der Waals surface area contributed by atoms with Crippen molar-refractivity contribution in [3.05, 3.63) is 0 Å². The maximum Gasteiger partial charge on any atom is 0.305 e. The minimum Gasteiger partial charge on any atom is -0.481 e. The molecule has 0 heterocycles. The van der Waals surface area contributed by atoms with Gasteiger partial charge < -0.3 is 15.7 Å². The largest absolute Gasteiger partial charge is 0.481 e. The van der Waals surface area contributed by atoms with Gasteiger partial charge >= 0.3 is 5.97 Å². The fourth-order valence-electron chi connectivity index (χ4n) is 1.02. The summed E-state index contributed by atoms with van der Waals surface area (Å²) in [5.41, 5.74) is 5.30. The molecule has 0 aromatic heterocycles. The van der Waals surface area contributed by atoms with Crippen molar-refractivity contribution in [2.75, 3.05) is 31.1 Å². The minimum absolute atomic E-state index is 0.00113. The van der Waals surface area contributed by atoms with E-state index in [2.05, 4.69) is 0 Å². The molecule has 3 N–H and O–H groups in total. The number of carbonyl (C=O) groups is 2. The Morgan fingerprint density at radius 2 is 2.13 bits per heavy atom. The number of aliphatic carboxylic acids is 1. The number of thioether (sulfide) groups is 1. The average molecular weight is 234 g/mol. The van der Waals surface area contributed by atoms with Gasteiger partial charge in [-0.3, -0.25) is 9.59 Å². The Morgan fingerprint density at radius 3 is 2.60 bits per heavy atom. The number of carboxylic acids is 1. The van der Waals surface area contributed by atoms with Crippen molar-refractivity contribution in [1.29, 1.82) is 0 Å². The molecule has 88 valence electrons. The summed E-state index contributed by atoms with van der Waals surface area (Å²) in [5.74, 6) is 0.237. The highest BCUT2D eigenvalue weighted by atomic mass is 32.2. The van der Waals surface area contributed by atoms with E-state index in [0.717, 1.165) is 5.75 Å². The first-order valence-electron chi connectivity index (χ1n) is 4.89. The van der Waals surface area contributed by atoms with Gasteiger partial charge in [0.15, 0.2) is 0 Å². The third-order valence-electron chi connectivity index (χ3n) is 1.82. The highest BCUT2D eigenvalue weighted by molar-refractivity contribution is 7.99. The maximum atomic E-state index is 11.5. The molecule has 0 rings (SSSR count). The van der Waals surface area contributed by atoms with Crippen LogP contribution in [0.1, 0.15) is 13.3 Å². The topological polar surface area (TPSA) is 83.6 Å². The molecule has 0 aromatic carbocycles. The molecule has 0 spiro atoms. The zero-order valence-electron chi connectivity index (χ0n) is 8.94. The van der Waals surface area contributed by atoms with Gasteiger partial charge in [0.1, 0.15) is 0 Å². The van der Waals surface area contributed by atoms with Crippen LogP contribution in [0.4, 0.5) is 0 Å². The number of rotatable bonds is 8. The molecule has 1 amide bonds. The van der Waals surface area contributed by atoms with Crippen molar-refractivity contribution >= 4 is 23.6 Å². The SMILES string of the molecule is CCN(CCC(=O)O)C(=O)CSCCN. The lowest BCUT2D eigenvalue weighted by atomic mass is 10.4. The van der Waals surface area contributed by atoms with Gasteiger partial charge in [-0.2, -0.15) is 11.8 Å². The molecule has 0 saturated carbocycles. The van der Waals surface area contributed by atoms with E-state index < -0.39 is 5.97 Å². The standard InChI is InChI=1S/C9H18N2O3S/c1-2-11(5-3-9(13)14)8(12)7-15-6-4-10/h2-7,10H2,1H3,(H,13,14). The highest BCUT2D eigenvalue weighted by Gasteiger charge is 2.12. The monoisotopic (exact) mass is 234 g/mol. The van der Waals surface area contributed by atoms with Crippen LogP contribution in [0.5, 0.6) is 0 Å². The van der Waals surface area contributed by atoms with Crippen LogP contribution in [0.25, 0.3) is 0 Å². The van der Waals surface area contributed by atoms with E-state index in [9.17, 15) is 9.59 Å². The Kier molecular flexibility index (Phi) is 8.12. The Hall–Kier alpha value is -0.750. The predicted octanol–water partition coefficient (Wildman–Crippen LogP) is 0.00150. The quantitative estimate of drug-likeness (QED) is 0.578. The average Bonchev–Trinajstić information content (AvgIpc) is 2.18. The molecule has 0 atom stereocenters. The zero-order valence-corrected chi connectivity index (χ0v) is 9.76. The van der Waals surface area contributed by atoms with Crippen LogP contribution in [-0.2, 0) is 9.59 Å². The smallest absolute Gasteiger partial charge is 0.305 e. The van der Waals surface area contributed by atoms with E-state index in [0.29, 0.717) is 18.8 Å². The first-order valence-corrected chi connectivity index (χ1v) is 6.04. The number of nitrogens with two attached hydrogens (primary N) is 1. The second-order valence-corrected chi connectivity index (χ2v) is 4.06. The Morgan fingerprint density at radius 1 is 1.47 bits per heavy atom. The molecule has 0 unspecified atom stereocenters. The van der Waals surface area contributed by atoms with Gasteiger partial charge in [0.2, 0.25) is 5.91 Å². The lowest BCUT2D eigenvalue weighted by Crippen LogP contribution is -2.34. The predicted molar refractivity (Wildman–Crippen MR) is 60.9 cm³/mol. The van der Waals surface area contributed by atoms with E-state index in [-0.39, 0.29) is 18.9 Å². The molecule has 0 saturated heterocycles. The molecule has 0 aliphatic carbocycles. The highest BCUT2D eigenvalue weighted by Crippen LogP contribution is 2.02. The zero-order chi connectivity index (χ0) is 11.7. The lowest BCUT2D eigenvalue weighted by molar-refractivity contribution is -0.138. The summed E-state index contributed by atoms with van der Waals surface area (Å²) >= 11 is 1.48. The van der Waals surface area contributed by atoms with Crippen molar-refractivity contribution in [3.8, 4) is 0 Å². The summed E-state index contributed by atoms with van der Waals surface area (Å²) in [5, 5.41) is 8.49. The van der Waals surface area contributed by atoms with Crippen LogP contribution in [0.3, 0.4) is 0 Å². The number of carboxylic acid groups (broad SMARTS) is 1. The molecule has 0 fully saturated rings. The molecule has 5 nitrogen and oxygen atoms in total. The fourth-order valence-corrected chi connectivity index (χ4v) is 1.69. The molecule has 15 heavy (non-hydrogen) atoms. The summed E-state index contributed by atoms with van der Waals surface area (Å²) in [4.78, 5) is 23.4. The van der Waals surface area contributed by atoms with Crippen LogP contribution in [-0.4, -0.2) is 53.0 Å². The summed E-state index contributed by atoms with van der Waals surface area (Å²) < 4.78 is 0. The molecular formula is C9H18N2O3S. The second kappa shape index (κ2) is 8.55. The molecular weight excluding hydrogens is 216 g/mol. The number of hydrogen-bond donors (Lipinski definition) is 2. The van der Waals surface area contributed by atoms with Crippen LogP contribution < -0.4 is 5.73 Å². The van der Waals surface area contributed by atoms with Gasteiger partial charge in [0, 0.05) is 25.4 Å². The van der Waals surface area contributed by atoms with E-state index in [1.54, 1.807) is 4.90 Å². The summed E-state index contributed by atoms with van der Waals surface area (Å²) in [6, 6.07) is 0. The number of nitrogens with zero attached hydrogens (tertiary/aromatic N) is 1. The first-order chi connectivity index (χ1) is 7.11. The van der Waals surface area contributed by atoms with Gasteiger partial charge in [-0.15, -0.1) is 0 Å². The van der Waals surface area contributed by atoms with E-state index >= 15 is 0 Å². The summed E-state index contributed by atoms with van der Waals surface area (Å²) in [6.45, 7) is 3.23. The third kappa shape index (κ3) is 7.21. The van der Waals surface area contributed by atoms with E-state index in [1.807, 2.05) is 6.92 Å². The molecule has 0 aromatic rings. The van der Waals surface area contributed by atoms with E-state index in [4.69, 9.17) is 10.8 Å². The summed E-state index contributed by atoms with van der Waals surface area (Å²) in [7, 11) is 0. The molecule has 0 radical (unpaired) electrons. The van der Waals surface area contributed by atoms with Gasteiger partial charge in [-0.05, 0) is 6.92 Å². The molecule has 0 aliphatic heterocycles. The normalized spacial score (nSPS) is 10.0. The van der Waals surface area contributed by atoms with Crippen molar-refractivity contribution < 1.29 is 14.7 Å². The third-order valence-corrected chi connectivity index (χ3v) is 2.79. The van der Waals surface area contributed by atoms with Crippen LogP contribution in [0, 0.1) is 0 Å². The minimum atomic E-state index is -0.879. The number of amides is 1. The van der Waals surface area contributed by atoms with Gasteiger partial charge in [-0.25, -0.2) is 0 Å². The Balaban J connectivity index is 3.82. The van der Waals surface area contributed by atoms with Gasteiger partial charge in [-0.1, -0.05) is 0 Å². The Bertz CT molecular complexity index is 212.